The van der Waals surface area contributed by atoms with E-state index in [2.05, 4.69) is 10.3 Å². The van der Waals surface area contributed by atoms with E-state index in [1.165, 1.54) is 24.3 Å². The summed E-state index contributed by atoms with van der Waals surface area (Å²) in [5.41, 5.74) is 1.06. The molecule has 1 amide bonds. The Labute approximate surface area is 145 Å². The van der Waals surface area contributed by atoms with Gasteiger partial charge in [-0.05, 0) is 55.2 Å². The molecule has 0 bridgehead atoms. The molecule has 7 nitrogen and oxygen atoms in total. The minimum atomic E-state index is -3.80. The molecule has 132 valence electrons. The minimum absolute atomic E-state index is 0.0487. The molecule has 1 fully saturated rings. The Morgan fingerprint density at radius 1 is 1.20 bits per heavy atom. The van der Waals surface area contributed by atoms with Crippen LogP contribution < -0.4 is 10.5 Å². The highest BCUT2D eigenvalue weighted by molar-refractivity contribution is 7.89. The third-order valence-electron chi connectivity index (χ3n) is 4.36. The second-order valence-corrected chi connectivity index (χ2v) is 7.72. The van der Waals surface area contributed by atoms with Gasteiger partial charge in [-0.2, -0.15) is 0 Å². The van der Waals surface area contributed by atoms with E-state index in [4.69, 9.17) is 5.14 Å². The molecule has 2 aromatic rings. The van der Waals surface area contributed by atoms with Crippen LogP contribution in [0.2, 0.25) is 0 Å². The van der Waals surface area contributed by atoms with Crippen molar-refractivity contribution in [3.05, 3.63) is 59.9 Å². The number of carbonyl (C=O) groups is 1. The Morgan fingerprint density at radius 3 is 2.40 bits per heavy atom. The molecule has 8 heteroatoms. The SMILES string of the molecule is NS(=O)(=O)c1ccc(C(=O)N[C@@H](c2ccccn2)C2CC(O)C2)cc1. The van der Waals surface area contributed by atoms with Crippen LogP contribution in [0.3, 0.4) is 0 Å². The quantitative estimate of drug-likeness (QED) is 0.732. The summed E-state index contributed by atoms with van der Waals surface area (Å²) in [6, 6.07) is 10.6. The lowest BCUT2D eigenvalue weighted by molar-refractivity contribution is 0.0228. The van der Waals surface area contributed by atoms with E-state index in [-0.39, 0.29) is 28.9 Å². The molecular formula is C17H19N3O4S. The number of hydrogen-bond acceptors (Lipinski definition) is 5. The third-order valence-corrected chi connectivity index (χ3v) is 5.29. The van der Waals surface area contributed by atoms with Crippen molar-refractivity contribution in [3.63, 3.8) is 0 Å². The number of aromatic nitrogens is 1. The maximum Gasteiger partial charge on any atom is 0.251 e. The number of nitrogens with one attached hydrogen (secondary N) is 1. The summed E-state index contributed by atoms with van der Waals surface area (Å²) in [5.74, 6) is -0.226. The van der Waals surface area contributed by atoms with Crippen LogP contribution in [-0.4, -0.2) is 30.5 Å². The van der Waals surface area contributed by atoms with Gasteiger partial charge in [-0.15, -0.1) is 0 Å². The van der Waals surface area contributed by atoms with Gasteiger partial charge in [0.2, 0.25) is 10.0 Å². The zero-order chi connectivity index (χ0) is 18.0. The number of amides is 1. The summed E-state index contributed by atoms with van der Waals surface area (Å²) >= 11 is 0. The fraction of sp³-hybridized carbons (Fsp3) is 0.294. The summed E-state index contributed by atoms with van der Waals surface area (Å²) in [6.45, 7) is 0. The lowest BCUT2D eigenvalue weighted by Gasteiger charge is -2.37. The lowest BCUT2D eigenvalue weighted by Crippen LogP contribution is -2.41. The molecule has 1 atom stereocenters. The van der Waals surface area contributed by atoms with Crippen LogP contribution in [0.25, 0.3) is 0 Å². The summed E-state index contributed by atoms with van der Waals surface area (Å²) in [4.78, 5) is 16.8. The number of aliphatic hydroxyl groups is 1. The first-order valence-electron chi connectivity index (χ1n) is 7.87. The van der Waals surface area contributed by atoms with Gasteiger partial charge in [0.05, 0.1) is 22.7 Å². The fourth-order valence-electron chi connectivity index (χ4n) is 2.92. The van der Waals surface area contributed by atoms with E-state index in [1.54, 1.807) is 12.3 Å². The highest BCUT2D eigenvalue weighted by Crippen LogP contribution is 2.37. The minimum Gasteiger partial charge on any atom is -0.393 e. The van der Waals surface area contributed by atoms with Crippen molar-refractivity contribution in [3.8, 4) is 0 Å². The smallest absolute Gasteiger partial charge is 0.251 e. The molecule has 1 heterocycles. The monoisotopic (exact) mass is 361 g/mol. The predicted molar refractivity (Wildman–Crippen MR) is 91.0 cm³/mol. The molecule has 0 saturated heterocycles. The number of primary sulfonamides is 1. The predicted octanol–water partition coefficient (Wildman–Crippen LogP) is 0.971. The second kappa shape index (κ2) is 6.91. The van der Waals surface area contributed by atoms with E-state index in [9.17, 15) is 18.3 Å². The number of hydrogen-bond donors (Lipinski definition) is 3. The average molecular weight is 361 g/mol. The number of benzene rings is 1. The molecule has 0 unspecified atom stereocenters. The van der Waals surface area contributed by atoms with E-state index in [1.807, 2.05) is 12.1 Å². The first-order valence-corrected chi connectivity index (χ1v) is 9.42. The summed E-state index contributed by atoms with van der Waals surface area (Å²) < 4.78 is 22.6. The van der Waals surface area contributed by atoms with Gasteiger partial charge < -0.3 is 10.4 Å². The molecular weight excluding hydrogens is 342 g/mol. The van der Waals surface area contributed by atoms with Crippen molar-refractivity contribution in [1.29, 1.82) is 0 Å². The number of pyridine rings is 1. The topological polar surface area (TPSA) is 122 Å². The average Bonchev–Trinajstić information content (AvgIpc) is 2.57. The number of aliphatic hydroxyl groups excluding tert-OH is 1. The first-order chi connectivity index (χ1) is 11.8. The van der Waals surface area contributed by atoms with Crippen LogP contribution in [-0.2, 0) is 10.0 Å². The van der Waals surface area contributed by atoms with E-state index in [0.29, 0.717) is 18.4 Å². The number of sulfonamides is 1. The Hall–Kier alpha value is -2.29. The molecule has 0 aliphatic heterocycles. The van der Waals surface area contributed by atoms with Crippen LogP contribution >= 0.6 is 0 Å². The highest BCUT2D eigenvalue weighted by atomic mass is 32.2. The molecule has 1 aliphatic carbocycles. The van der Waals surface area contributed by atoms with Gasteiger partial charge in [-0.1, -0.05) is 6.07 Å². The Bertz CT molecular complexity index is 847. The van der Waals surface area contributed by atoms with Crippen LogP contribution in [0.15, 0.2) is 53.6 Å². The van der Waals surface area contributed by atoms with Gasteiger partial charge in [0.15, 0.2) is 0 Å². The van der Waals surface area contributed by atoms with Crippen molar-refractivity contribution < 1.29 is 18.3 Å². The van der Waals surface area contributed by atoms with Crippen LogP contribution in [0.5, 0.6) is 0 Å². The molecule has 4 N–H and O–H groups in total. The van der Waals surface area contributed by atoms with Gasteiger partial charge in [0.25, 0.3) is 5.91 Å². The van der Waals surface area contributed by atoms with Crippen molar-refractivity contribution >= 4 is 15.9 Å². The van der Waals surface area contributed by atoms with Crippen LogP contribution in [0.4, 0.5) is 0 Å². The molecule has 25 heavy (non-hydrogen) atoms. The standard InChI is InChI=1S/C17H19N3O4S/c18-25(23,24)14-6-4-11(5-7-14)17(22)20-16(12-9-13(21)10-12)15-3-1-2-8-19-15/h1-8,12-13,16,21H,9-10H2,(H,20,22)(H2,18,23,24)/t12?,13?,16-/m1/s1. The number of nitrogens with zero attached hydrogens (tertiary/aromatic N) is 1. The van der Waals surface area contributed by atoms with Crippen molar-refractivity contribution in [2.45, 2.75) is 29.9 Å². The summed E-state index contributed by atoms with van der Waals surface area (Å²) in [7, 11) is -3.80. The number of nitrogens with two attached hydrogens (primary N) is 1. The fourth-order valence-corrected chi connectivity index (χ4v) is 3.43. The molecule has 1 saturated carbocycles. The van der Waals surface area contributed by atoms with E-state index >= 15 is 0 Å². The largest absolute Gasteiger partial charge is 0.393 e. The normalized spacial score (nSPS) is 21.2. The van der Waals surface area contributed by atoms with Gasteiger partial charge >= 0.3 is 0 Å². The van der Waals surface area contributed by atoms with Gasteiger partial charge in [0, 0.05) is 11.8 Å². The van der Waals surface area contributed by atoms with Gasteiger partial charge in [-0.3, -0.25) is 9.78 Å². The second-order valence-electron chi connectivity index (χ2n) is 6.16. The Balaban J connectivity index is 1.78. The van der Waals surface area contributed by atoms with Crippen LogP contribution in [0.1, 0.15) is 34.9 Å². The Morgan fingerprint density at radius 2 is 1.88 bits per heavy atom. The molecule has 0 spiro atoms. The van der Waals surface area contributed by atoms with E-state index in [0.717, 1.165) is 5.69 Å². The zero-order valence-corrected chi connectivity index (χ0v) is 14.2. The lowest BCUT2D eigenvalue weighted by atomic mass is 9.76. The van der Waals surface area contributed by atoms with Crippen molar-refractivity contribution in [2.24, 2.45) is 11.1 Å². The maximum absolute atomic E-state index is 12.5. The molecule has 1 aromatic heterocycles. The molecule has 1 aliphatic rings. The third kappa shape index (κ3) is 4.04. The molecule has 3 rings (SSSR count). The summed E-state index contributed by atoms with van der Waals surface area (Å²) in [6.07, 6.45) is 2.52. The highest BCUT2D eigenvalue weighted by Gasteiger charge is 2.36. The number of carbonyl (C=O) groups excluding carboxylic acids is 1. The van der Waals surface area contributed by atoms with E-state index < -0.39 is 10.0 Å². The van der Waals surface area contributed by atoms with Gasteiger partial charge in [-0.25, -0.2) is 13.6 Å². The molecule has 0 radical (unpaired) electrons. The first kappa shape index (κ1) is 17.5. The van der Waals surface area contributed by atoms with Crippen molar-refractivity contribution in [2.75, 3.05) is 0 Å². The zero-order valence-electron chi connectivity index (χ0n) is 13.4. The number of rotatable bonds is 5. The maximum atomic E-state index is 12.5. The molecule has 1 aromatic carbocycles. The Kier molecular flexibility index (Phi) is 4.85. The van der Waals surface area contributed by atoms with Crippen molar-refractivity contribution in [1.82, 2.24) is 10.3 Å². The summed E-state index contributed by atoms with van der Waals surface area (Å²) in [5, 5.41) is 17.6. The van der Waals surface area contributed by atoms with Gasteiger partial charge in [0.1, 0.15) is 0 Å². The van der Waals surface area contributed by atoms with Crippen LogP contribution in [0, 0.1) is 5.92 Å².